The number of piperazine rings is 1. The number of amides is 2. The summed E-state index contributed by atoms with van der Waals surface area (Å²) < 4.78 is 25.6. The van der Waals surface area contributed by atoms with E-state index >= 15 is 0 Å². The van der Waals surface area contributed by atoms with Crippen molar-refractivity contribution in [2.24, 2.45) is 11.8 Å². The quantitative estimate of drug-likeness (QED) is 0.568. The van der Waals surface area contributed by atoms with Gasteiger partial charge in [-0.1, -0.05) is 13.8 Å². The minimum Gasteiger partial charge on any atom is -0.331 e. The standard InChI is InChI=1S/C21H32N6O4S.ClH/c1-14(2)18-19-17(27(21(18)29)32(4,30)31)5-6-26(19)20(28)16-12-22-15(11-23-16)13-25-9-7-24(3)8-10-25;/h11-12,14,17-19H,5-10,13H2,1-4H3;1H/t17-,18+,19-;/m0./s1. The molecule has 12 heteroatoms. The van der Waals surface area contributed by atoms with E-state index in [0.29, 0.717) is 19.5 Å². The number of hydrogen-bond donors (Lipinski definition) is 0. The van der Waals surface area contributed by atoms with Gasteiger partial charge in [-0.2, -0.15) is 0 Å². The van der Waals surface area contributed by atoms with Crippen LogP contribution in [0.5, 0.6) is 0 Å². The van der Waals surface area contributed by atoms with Gasteiger partial charge in [-0.15, -0.1) is 12.4 Å². The van der Waals surface area contributed by atoms with Crippen molar-refractivity contribution in [2.75, 3.05) is 46.0 Å². The molecule has 1 aromatic rings. The second-order valence-electron chi connectivity index (χ2n) is 9.48. The molecular weight excluding hydrogens is 468 g/mol. The van der Waals surface area contributed by atoms with Crippen molar-refractivity contribution < 1.29 is 18.0 Å². The predicted molar refractivity (Wildman–Crippen MR) is 125 cm³/mol. The molecule has 0 N–H and O–H groups in total. The van der Waals surface area contributed by atoms with Crippen molar-refractivity contribution in [1.29, 1.82) is 0 Å². The Morgan fingerprint density at radius 1 is 1.12 bits per heavy atom. The number of halogens is 1. The second kappa shape index (κ2) is 9.81. The number of hydrogen-bond acceptors (Lipinski definition) is 8. The van der Waals surface area contributed by atoms with Gasteiger partial charge in [0, 0.05) is 39.3 Å². The molecule has 0 bridgehead atoms. The van der Waals surface area contributed by atoms with E-state index < -0.39 is 33.9 Å². The van der Waals surface area contributed by atoms with Gasteiger partial charge in [0.15, 0.2) is 0 Å². The number of sulfonamides is 1. The number of likely N-dealkylation sites (N-methyl/N-ethyl adjacent to an activating group) is 1. The van der Waals surface area contributed by atoms with Crippen LogP contribution in [0.4, 0.5) is 0 Å². The summed E-state index contributed by atoms with van der Waals surface area (Å²) in [5, 5.41) is 0. The van der Waals surface area contributed by atoms with Crippen LogP contribution in [-0.2, 0) is 21.4 Å². The van der Waals surface area contributed by atoms with Crippen molar-refractivity contribution in [3.8, 4) is 0 Å². The maximum absolute atomic E-state index is 13.3. The zero-order valence-electron chi connectivity index (χ0n) is 19.5. The van der Waals surface area contributed by atoms with Crippen molar-refractivity contribution in [3.05, 3.63) is 23.8 Å². The summed E-state index contributed by atoms with van der Waals surface area (Å²) in [5.41, 5.74) is 1.03. The SMILES string of the molecule is CC(C)[C@H]1C(=O)N(S(C)(=O)=O)[C@H]2CCN(C(=O)c3cnc(CN4CCN(C)CC4)cn3)[C@H]12.Cl. The molecule has 4 heterocycles. The highest BCUT2D eigenvalue weighted by atomic mass is 35.5. The number of carbonyl (C=O) groups excluding carboxylic acids is 2. The van der Waals surface area contributed by atoms with Crippen LogP contribution in [0.2, 0.25) is 0 Å². The number of aromatic nitrogens is 2. The van der Waals surface area contributed by atoms with Gasteiger partial charge in [0.1, 0.15) is 5.69 Å². The zero-order chi connectivity index (χ0) is 23.2. The van der Waals surface area contributed by atoms with Gasteiger partial charge in [0.25, 0.3) is 5.91 Å². The van der Waals surface area contributed by atoms with Gasteiger partial charge in [-0.3, -0.25) is 19.5 Å². The summed E-state index contributed by atoms with van der Waals surface area (Å²) in [5.74, 6) is -1.36. The topological polar surface area (TPSA) is 107 Å². The minimum atomic E-state index is -3.70. The maximum atomic E-state index is 13.3. The summed E-state index contributed by atoms with van der Waals surface area (Å²) in [6.07, 6.45) is 4.63. The van der Waals surface area contributed by atoms with Crippen molar-refractivity contribution >= 4 is 34.2 Å². The molecule has 0 saturated carbocycles. The van der Waals surface area contributed by atoms with Crippen molar-refractivity contribution in [1.82, 2.24) is 29.0 Å². The fraction of sp³-hybridized carbons (Fsp3) is 0.714. The van der Waals surface area contributed by atoms with Crippen LogP contribution in [0, 0.1) is 11.8 Å². The van der Waals surface area contributed by atoms with Gasteiger partial charge >= 0.3 is 0 Å². The number of rotatable bonds is 5. The van der Waals surface area contributed by atoms with E-state index in [1.165, 1.54) is 6.20 Å². The smallest absolute Gasteiger partial charge is 0.274 e. The van der Waals surface area contributed by atoms with E-state index in [2.05, 4.69) is 26.8 Å². The van der Waals surface area contributed by atoms with Crippen LogP contribution in [0.25, 0.3) is 0 Å². The molecule has 4 rings (SSSR count). The van der Waals surface area contributed by atoms with Crippen LogP contribution in [0.1, 0.15) is 36.5 Å². The Balaban J connectivity index is 0.00000306. The fourth-order valence-corrected chi connectivity index (χ4v) is 6.37. The molecule has 0 aliphatic carbocycles. The molecule has 0 radical (unpaired) electrons. The minimum absolute atomic E-state index is 0. The highest BCUT2D eigenvalue weighted by Gasteiger charge is 2.58. The lowest BCUT2D eigenvalue weighted by Crippen LogP contribution is -2.44. The molecule has 184 valence electrons. The van der Waals surface area contributed by atoms with Gasteiger partial charge in [0.2, 0.25) is 15.9 Å². The third-order valence-electron chi connectivity index (χ3n) is 6.83. The first kappa shape index (κ1) is 25.8. The third kappa shape index (κ3) is 5.01. The lowest BCUT2D eigenvalue weighted by molar-refractivity contribution is -0.129. The van der Waals surface area contributed by atoms with Gasteiger partial charge in [-0.25, -0.2) is 17.7 Å². The summed E-state index contributed by atoms with van der Waals surface area (Å²) in [6, 6.07) is -0.991. The molecule has 0 unspecified atom stereocenters. The van der Waals surface area contributed by atoms with Crippen LogP contribution in [0.3, 0.4) is 0 Å². The number of nitrogens with zero attached hydrogens (tertiary/aromatic N) is 6. The van der Waals surface area contributed by atoms with Crippen LogP contribution >= 0.6 is 12.4 Å². The number of likely N-dealkylation sites (tertiary alicyclic amines) is 1. The van der Waals surface area contributed by atoms with Crippen LogP contribution < -0.4 is 0 Å². The third-order valence-corrected chi connectivity index (χ3v) is 8.00. The van der Waals surface area contributed by atoms with Crippen LogP contribution in [0.15, 0.2) is 12.4 Å². The summed E-state index contributed by atoms with van der Waals surface area (Å²) >= 11 is 0. The number of fused-ring (bicyclic) bond motifs is 1. The maximum Gasteiger partial charge on any atom is 0.274 e. The second-order valence-corrected chi connectivity index (χ2v) is 11.3. The lowest BCUT2D eigenvalue weighted by atomic mass is 9.88. The summed E-state index contributed by atoms with van der Waals surface area (Å²) in [7, 11) is -1.59. The number of carbonyl (C=O) groups is 2. The Bertz CT molecular complexity index is 981. The summed E-state index contributed by atoms with van der Waals surface area (Å²) in [6.45, 7) is 8.83. The molecule has 10 nitrogen and oxygen atoms in total. The predicted octanol–water partition coefficient (Wildman–Crippen LogP) is 0.303. The first-order valence-electron chi connectivity index (χ1n) is 11.1. The average molecular weight is 501 g/mol. The Morgan fingerprint density at radius 2 is 1.79 bits per heavy atom. The molecule has 3 aliphatic rings. The molecule has 0 spiro atoms. The lowest BCUT2D eigenvalue weighted by Gasteiger charge is -2.32. The molecular formula is C21H33ClN6O4S. The fourth-order valence-electron chi connectivity index (χ4n) is 5.20. The highest BCUT2D eigenvalue weighted by molar-refractivity contribution is 7.88. The zero-order valence-corrected chi connectivity index (χ0v) is 21.2. The Morgan fingerprint density at radius 3 is 2.33 bits per heavy atom. The van der Waals surface area contributed by atoms with E-state index in [1.54, 1.807) is 11.1 Å². The van der Waals surface area contributed by atoms with Gasteiger partial charge in [-0.05, 0) is 19.4 Å². The Kier molecular flexibility index (Phi) is 7.67. The molecule has 0 aromatic carbocycles. The van der Waals surface area contributed by atoms with E-state index in [-0.39, 0.29) is 29.9 Å². The summed E-state index contributed by atoms with van der Waals surface area (Å²) in [4.78, 5) is 41.3. The molecule has 1 aromatic heterocycles. The van der Waals surface area contributed by atoms with E-state index in [9.17, 15) is 18.0 Å². The Hall–Kier alpha value is -1.82. The monoisotopic (exact) mass is 500 g/mol. The largest absolute Gasteiger partial charge is 0.331 e. The molecule has 3 aliphatic heterocycles. The first-order chi connectivity index (χ1) is 15.1. The van der Waals surface area contributed by atoms with E-state index in [1.807, 2.05) is 13.8 Å². The van der Waals surface area contributed by atoms with Crippen molar-refractivity contribution in [2.45, 2.75) is 38.9 Å². The van der Waals surface area contributed by atoms with Gasteiger partial charge in [0.05, 0.1) is 42.3 Å². The molecule has 2 amide bonds. The molecule has 3 saturated heterocycles. The highest BCUT2D eigenvalue weighted by Crippen LogP contribution is 2.41. The Labute approximate surface area is 201 Å². The normalized spacial score (nSPS) is 26.6. The first-order valence-corrected chi connectivity index (χ1v) is 13.0. The molecule has 3 atom stereocenters. The average Bonchev–Trinajstić information content (AvgIpc) is 3.25. The van der Waals surface area contributed by atoms with Crippen molar-refractivity contribution in [3.63, 3.8) is 0 Å². The van der Waals surface area contributed by atoms with Gasteiger partial charge < -0.3 is 9.80 Å². The molecule has 33 heavy (non-hydrogen) atoms. The van der Waals surface area contributed by atoms with E-state index in [4.69, 9.17) is 0 Å². The van der Waals surface area contributed by atoms with E-state index in [0.717, 1.165) is 42.4 Å². The molecule has 3 fully saturated rings. The van der Waals surface area contributed by atoms with Crippen LogP contribution in [-0.4, -0.2) is 107 Å².